The molecule has 142 valence electrons. The van der Waals surface area contributed by atoms with Gasteiger partial charge in [-0.15, -0.1) is 0 Å². The monoisotopic (exact) mass is 382 g/mol. The van der Waals surface area contributed by atoms with Gasteiger partial charge >= 0.3 is 0 Å². The fourth-order valence-electron chi connectivity index (χ4n) is 3.32. The Morgan fingerprint density at radius 2 is 1.97 bits per heavy atom. The predicted molar refractivity (Wildman–Crippen MR) is 110 cm³/mol. The van der Waals surface area contributed by atoms with Crippen molar-refractivity contribution >= 4 is 11.2 Å². The molecule has 0 spiro atoms. The molecule has 29 heavy (non-hydrogen) atoms. The van der Waals surface area contributed by atoms with Gasteiger partial charge in [0.25, 0.3) is 0 Å². The normalized spacial score (nSPS) is 11.1. The third kappa shape index (κ3) is 3.34. The zero-order valence-corrected chi connectivity index (χ0v) is 15.8. The lowest BCUT2D eigenvalue weighted by Crippen LogP contribution is -1.99. The molecular formula is C22H18N6O. The predicted octanol–water partition coefficient (Wildman–Crippen LogP) is 3.94. The van der Waals surface area contributed by atoms with E-state index in [0.29, 0.717) is 6.54 Å². The maximum atomic E-state index is 5.30. The van der Waals surface area contributed by atoms with Crippen LogP contribution in [0.4, 0.5) is 0 Å². The van der Waals surface area contributed by atoms with E-state index in [-0.39, 0.29) is 0 Å². The minimum atomic E-state index is 0.660. The highest BCUT2D eigenvalue weighted by Crippen LogP contribution is 2.28. The van der Waals surface area contributed by atoms with Crippen molar-refractivity contribution in [3.63, 3.8) is 0 Å². The summed E-state index contributed by atoms with van der Waals surface area (Å²) in [6.45, 7) is 0.660. The molecule has 4 aromatic heterocycles. The Bertz CT molecular complexity index is 1270. The summed E-state index contributed by atoms with van der Waals surface area (Å²) in [5.41, 5.74) is 6.44. The molecule has 0 aliphatic heterocycles. The average Bonchev–Trinajstić information content (AvgIpc) is 3.40. The maximum absolute atomic E-state index is 5.30. The van der Waals surface area contributed by atoms with Gasteiger partial charge in [-0.1, -0.05) is 12.1 Å². The van der Waals surface area contributed by atoms with Gasteiger partial charge in [-0.3, -0.25) is 9.67 Å². The number of hydrogen-bond acceptors (Lipinski definition) is 5. The molecule has 0 atom stereocenters. The number of nitrogens with one attached hydrogen (secondary N) is 1. The number of benzene rings is 1. The highest BCUT2D eigenvalue weighted by atomic mass is 16.5. The number of fused-ring (bicyclic) bond motifs is 1. The van der Waals surface area contributed by atoms with Crippen LogP contribution >= 0.6 is 0 Å². The number of ether oxygens (including phenoxy) is 1. The van der Waals surface area contributed by atoms with Crippen molar-refractivity contribution in [1.29, 1.82) is 0 Å². The van der Waals surface area contributed by atoms with Crippen LogP contribution in [0.3, 0.4) is 0 Å². The standard InChI is InChI=1S/C22H18N6O/c1-29-18-4-2-3-15(9-18)13-28-14-17(10-26-28)19-11-24-22-21(19)27-20(12-25-22)16-5-7-23-8-6-16/h2-12,14H,13H2,1H3,(H,24,25). The Hall–Kier alpha value is -4.00. The van der Waals surface area contributed by atoms with E-state index < -0.39 is 0 Å². The van der Waals surface area contributed by atoms with Crippen LogP contribution in [0.1, 0.15) is 5.56 Å². The highest BCUT2D eigenvalue weighted by Gasteiger charge is 2.12. The van der Waals surface area contributed by atoms with Crippen LogP contribution in [0.15, 0.2) is 73.6 Å². The first-order chi connectivity index (χ1) is 14.3. The molecule has 4 heterocycles. The number of methoxy groups -OCH3 is 1. The van der Waals surface area contributed by atoms with E-state index in [2.05, 4.69) is 26.1 Å². The molecule has 0 aliphatic rings. The van der Waals surface area contributed by atoms with Crippen LogP contribution in [-0.2, 0) is 6.54 Å². The summed E-state index contributed by atoms with van der Waals surface area (Å²) in [5, 5.41) is 4.52. The molecular weight excluding hydrogens is 364 g/mol. The first kappa shape index (κ1) is 17.1. The summed E-state index contributed by atoms with van der Waals surface area (Å²) in [5.74, 6) is 0.838. The molecule has 0 amide bonds. The second-order valence-electron chi connectivity index (χ2n) is 6.67. The number of pyridine rings is 1. The van der Waals surface area contributed by atoms with E-state index in [1.165, 1.54) is 0 Å². The number of aromatic amines is 1. The minimum absolute atomic E-state index is 0.660. The Morgan fingerprint density at radius 1 is 1.07 bits per heavy atom. The summed E-state index contributed by atoms with van der Waals surface area (Å²) in [6, 6.07) is 11.8. The zero-order chi connectivity index (χ0) is 19.6. The Morgan fingerprint density at radius 3 is 2.83 bits per heavy atom. The van der Waals surface area contributed by atoms with Gasteiger partial charge in [0.15, 0.2) is 5.65 Å². The fourth-order valence-corrected chi connectivity index (χ4v) is 3.32. The van der Waals surface area contributed by atoms with Crippen LogP contribution in [0.5, 0.6) is 5.75 Å². The zero-order valence-electron chi connectivity index (χ0n) is 15.8. The Balaban J connectivity index is 1.48. The van der Waals surface area contributed by atoms with Crippen LogP contribution in [0, 0.1) is 0 Å². The lowest BCUT2D eigenvalue weighted by atomic mass is 10.1. The highest BCUT2D eigenvalue weighted by molar-refractivity contribution is 5.91. The van der Waals surface area contributed by atoms with E-state index in [1.54, 1.807) is 25.7 Å². The lowest BCUT2D eigenvalue weighted by molar-refractivity contribution is 0.414. The average molecular weight is 382 g/mol. The molecule has 5 aromatic rings. The first-order valence-electron chi connectivity index (χ1n) is 9.20. The van der Waals surface area contributed by atoms with Gasteiger partial charge in [0.1, 0.15) is 11.3 Å². The quantitative estimate of drug-likeness (QED) is 0.498. The fraction of sp³-hybridized carbons (Fsp3) is 0.0909. The largest absolute Gasteiger partial charge is 0.497 e. The smallest absolute Gasteiger partial charge is 0.156 e. The van der Waals surface area contributed by atoms with Gasteiger partial charge in [0.2, 0.25) is 0 Å². The third-order valence-electron chi connectivity index (χ3n) is 4.78. The molecule has 0 aliphatic carbocycles. The lowest BCUT2D eigenvalue weighted by Gasteiger charge is -2.04. The summed E-state index contributed by atoms with van der Waals surface area (Å²) < 4.78 is 7.21. The van der Waals surface area contributed by atoms with Gasteiger partial charge in [0.05, 0.1) is 31.7 Å². The first-order valence-corrected chi connectivity index (χ1v) is 9.20. The Labute approximate surface area is 167 Å². The van der Waals surface area contributed by atoms with Gasteiger partial charge in [0, 0.05) is 41.5 Å². The second-order valence-corrected chi connectivity index (χ2v) is 6.67. The van der Waals surface area contributed by atoms with Gasteiger partial charge in [-0.05, 0) is 29.8 Å². The number of hydrogen-bond donors (Lipinski definition) is 1. The molecule has 7 heteroatoms. The molecule has 1 N–H and O–H groups in total. The number of rotatable bonds is 5. The van der Waals surface area contributed by atoms with Gasteiger partial charge < -0.3 is 9.72 Å². The number of aromatic nitrogens is 6. The second kappa shape index (κ2) is 7.20. The summed E-state index contributed by atoms with van der Waals surface area (Å²) in [4.78, 5) is 16.6. The summed E-state index contributed by atoms with van der Waals surface area (Å²) in [7, 11) is 1.67. The molecule has 0 fully saturated rings. The number of H-pyrrole nitrogens is 1. The van der Waals surface area contributed by atoms with Crippen molar-refractivity contribution < 1.29 is 4.74 Å². The molecule has 0 bridgehead atoms. The summed E-state index contributed by atoms with van der Waals surface area (Å²) >= 11 is 0. The van der Waals surface area contributed by atoms with Crippen LogP contribution < -0.4 is 4.74 Å². The molecule has 1 aromatic carbocycles. The van der Waals surface area contributed by atoms with Gasteiger partial charge in [-0.2, -0.15) is 5.10 Å². The van der Waals surface area contributed by atoms with Crippen molar-refractivity contribution in [3.05, 3.63) is 79.1 Å². The van der Waals surface area contributed by atoms with Crippen LogP contribution in [0.25, 0.3) is 33.5 Å². The van der Waals surface area contributed by atoms with Crippen molar-refractivity contribution in [3.8, 4) is 28.1 Å². The van der Waals surface area contributed by atoms with Gasteiger partial charge in [-0.25, -0.2) is 9.97 Å². The van der Waals surface area contributed by atoms with E-state index in [4.69, 9.17) is 9.72 Å². The molecule has 0 saturated heterocycles. The van der Waals surface area contributed by atoms with Crippen molar-refractivity contribution in [1.82, 2.24) is 29.7 Å². The molecule has 0 unspecified atom stereocenters. The van der Waals surface area contributed by atoms with E-state index in [9.17, 15) is 0 Å². The third-order valence-corrected chi connectivity index (χ3v) is 4.78. The van der Waals surface area contributed by atoms with E-state index >= 15 is 0 Å². The van der Waals surface area contributed by atoms with Crippen molar-refractivity contribution in [2.24, 2.45) is 0 Å². The summed E-state index contributed by atoms with van der Waals surface area (Å²) in [6.07, 6.45) is 11.1. The SMILES string of the molecule is COc1cccc(Cn2cc(-c3c[nH]c4ncc(-c5ccncc5)nc34)cn2)c1. The molecule has 0 saturated carbocycles. The number of nitrogens with zero attached hydrogens (tertiary/aromatic N) is 5. The minimum Gasteiger partial charge on any atom is -0.497 e. The maximum Gasteiger partial charge on any atom is 0.156 e. The van der Waals surface area contributed by atoms with Crippen molar-refractivity contribution in [2.45, 2.75) is 6.54 Å². The van der Waals surface area contributed by atoms with E-state index in [0.717, 1.165) is 44.9 Å². The topological polar surface area (TPSA) is 81.5 Å². The molecule has 5 rings (SSSR count). The Kier molecular flexibility index (Phi) is 4.25. The molecule has 0 radical (unpaired) electrons. The van der Waals surface area contributed by atoms with Crippen LogP contribution in [0.2, 0.25) is 0 Å². The van der Waals surface area contributed by atoms with Crippen molar-refractivity contribution in [2.75, 3.05) is 7.11 Å². The van der Waals surface area contributed by atoms with E-state index in [1.807, 2.05) is 53.6 Å². The molecule has 7 nitrogen and oxygen atoms in total. The van der Waals surface area contributed by atoms with Crippen LogP contribution in [-0.4, -0.2) is 36.8 Å².